The monoisotopic (exact) mass is 279 g/mol. The molecule has 1 aromatic rings. The standard InChI is InChI=1S/C14H21N3O3/c1-3-17(10-12-6-4-5-7-15-12)14(20)16-9-11(2)8-13(18)19/h4-7,11H,3,8-10H2,1-2H3,(H,16,20)(H,18,19). The average molecular weight is 279 g/mol. The summed E-state index contributed by atoms with van der Waals surface area (Å²) in [6.45, 7) is 5.04. The number of carboxylic acid groups (broad SMARTS) is 1. The van der Waals surface area contributed by atoms with Crippen LogP contribution in [0.5, 0.6) is 0 Å². The summed E-state index contributed by atoms with van der Waals surface area (Å²) >= 11 is 0. The van der Waals surface area contributed by atoms with Crippen LogP contribution in [0.4, 0.5) is 4.79 Å². The summed E-state index contributed by atoms with van der Waals surface area (Å²) < 4.78 is 0. The fourth-order valence-electron chi connectivity index (χ4n) is 1.76. The Morgan fingerprint density at radius 1 is 1.45 bits per heavy atom. The van der Waals surface area contributed by atoms with Gasteiger partial charge >= 0.3 is 12.0 Å². The van der Waals surface area contributed by atoms with Crippen molar-refractivity contribution in [1.82, 2.24) is 15.2 Å². The number of pyridine rings is 1. The van der Waals surface area contributed by atoms with Crippen LogP contribution in [0.3, 0.4) is 0 Å². The maximum atomic E-state index is 12.0. The minimum Gasteiger partial charge on any atom is -0.481 e. The van der Waals surface area contributed by atoms with Crippen LogP contribution in [0.2, 0.25) is 0 Å². The lowest BCUT2D eigenvalue weighted by molar-refractivity contribution is -0.137. The quantitative estimate of drug-likeness (QED) is 0.796. The Morgan fingerprint density at radius 2 is 2.20 bits per heavy atom. The van der Waals surface area contributed by atoms with Crippen LogP contribution >= 0.6 is 0 Å². The zero-order valence-corrected chi connectivity index (χ0v) is 11.9. The van der Waals surface area contributed by atoms with Gasteiger partial charge in [-0.2, -0.15) is 0 Å². The molecule has 1 heterocycles. The molecular weight excluding hydrogens is 258 g/mol. The van der Waals surface area contributed by atoms with E-state index in [-0.39, 0.29) is 18.4 Å². The van der Waals surface area contributed by atoms with Crippen molar-refractivity contribution in [3.8, 4) is 0 Å². The van der Waals surface area contributed by atoms with E-state index in [1.807, 2.05) is 25.1 Å². The number of aliphatic carboxylic acids is 1. The van der Waals surface area contributed by atoms with Gasteiger partial charge in [-0.15, -0.1) is 0 Å². The van der Waals surface area contributed by atoms with Crippen molar-refractivity contribution in [3.63, 3.8) is 0 Å². The predicted octanol–water partition coefficient (Wildman–Crippen LogP) is 1.72. The Kier molecular flexibility index (Phi) is 6.49. The lowest BCUT2D eigenvalue weighted by Gasteiger charge is -2.22. The molecule has 0 fully saturated rings. The number of carboxylic acids is 1. The number of hydrogen-bond acceptors (Lipinski definition) is 3. The number of nitrogens with one attached hydrogen (secondary N) is 1. The van der Waals surface area contributed by atoms with Gasteiger partial charge in [-0.3, -0.25) is 9.78 Å². The molecule has 0 aromatic carbocycles. The summed E-state index contributed by atoms with van der Waals surface area (Å²) in [5, 5.41) is 11.4. The lowest BCUT2D eigenvalue weighted by Crippen LogP contribution is -2.41. The van der Waals surface area contributed by atoms with Gasteiger partial charge < -0.3 is 15.3 Å². The molecule has 6 nitrogen and oxygen atoms in total. The molecule has 1 atom stereocenters. The Labute approximate surface area is 118 Å². The second-order valence-corrected chi connectivity index (χ2v) is 4.72. The van der Waals surface area contributed by atoms with Crippen LogP contribution in [-0.4, -0.2) is 40.1 Å². The van der Waals surface area contributed by atoms with E-state index >= 15 is 0 Å². The number of nitrogens with zero attached hydrogens (tertiary/aromatic N) is 2. The molecule has 110 valence electrons. The number of amides is 2. The van der Waals surface area contributed by atoms with Gasteiger partial charge in [0.15, 0.2) is 0 Å². The van der Waals surface area contributed by atoms with Crippen LogP contribution in [0.1, 0.15) is 26.0 Å². The Hall–Kier alpha value is -2.11. The fourth-order valence-corrected chi connectivity index (χ4v) is 1.76. The number of carbonyl (C=O) groups excluding carboxylic acids is 1. The zero-order valence-electron chi connectivity index (χ0n) is 11.9. The van der Waals surface area contributed by atoms with Gasteiger partial charge in [0.05, 0.1) is 12.2 Å². The van der Waals surface area contributed by atoms with Crippen molar-refractivity contribution in [2.75, 3.05) is 13.1 Å². The van der Waals surface area contributed by atoms with Gasteiger partial charge in [0.1, 0.15) is 0 Å². The van der Waals surface area contributed by atoms with Gasteiger partial charge in [-0.05, 0) is 25.0 Å². The summed E-state index contributed by atoms with van der Waals surface area (Å²) in [7, 11) is 0. The molecule has 0 spiro atoms. The van der Waals surface area contributed by atoms with E-state index in [4.69, 9.17) is 5.11 Å². The van der Waals surface area contributed by atoms with Crippen LogP contribution in [-0.2, 0) is 11.3 Å². The molecule has 0 saturated carbocycles. The second kappa shape index (κ2) is 8.14. The van der Waals surface area contributed by atoms with E-state index in [0.29, 0.717) is 19.6 Å². The zero-order chi connectivity index (χ0) is 15.0. The highest BCUT2D eigenvalue weighted by Gasteiger charge is 2.14. The van der Waals surface area contributed by atoms with Crippen molar-refractivity contribution >= 4 is 12.0 Å². The summed E-state index contributed by atoms with van der Waals surface area (Å²) in [4.78, 5) is 28.4. The van der Waals surface area contributed by atoms with Crippen LogP contribution in [0, 0.1) is 5.92 Å². The molecule has 1 unspecified atom stereocenters. The van der Waals surface area contributed by atoms with Crippen molar-refractivity contribution in [1.29, 1.82) is 0 Å². The molecule has 0 aliphatic rings. The number of aromatic nitrogens is 1. The minimum atomic E-state index is -0.854. The van der Waals surface area contributed by atoms with Crippen molar-refractivity contribution in [3.05, 3.63) is 30.1 Å². The van der Waals surface area contributed by atoms with Gasteiger partial charge in [0.25, 0.3) is 0 Å². The van der Waals surface area contributed by atoms with E-state index in [0.717, 1.165) is 5.69 Å². The third-order valence-electron chi connectivity index (χ3n) is 2.87. The first-order chi connectivity index (χ1) is 9.52. The van der Waals surface area contributed by atoms with Crippen LogP contribution in [0.15, 0.2) is 24.4 Å². The van der Waals surface area contributed by atoms with E-state index in [9.17, 15) is 9.59 Å². The third kappa shape index (κ3) is 5.69. The maximum Gasteiger partial charge on any atom is 0.317 e. The highest BCUT2D eigenvalue weighted by Crippen LogP contribution is 2.03. The molecular formula is C14H21N3O3. The number of urea groups is 1. The Bertz CT molecular complexity index is 437. The fraction of sp³-hybridized carbons (Fsp3) is 0.500. The molecule has 0 radical (unpaired) electrons. The van der Waals surface area contributed by atoms with E-state index < -0.39 is 5.97 Å². The average Bonchev–Trinajstić information content (AvgIpc) is 2.42. The Balaban J connectivity index is 2.45. The Morgan fingerprint density at radius 3 is 2.75 bits per heavy atom. The van der Waals surface area contributed by atoms with Gasteiger partial charge in [0, 0.05) is 25.7 Å². The summed E-state index contributed by atoms with van der Waals surface area (Å²) in [5.41, 5.74) is 0.822. The first-order valence-electron chi connectivity index (χ1n) is 6.67. The van der Waals surface area contributed by atoms with Gasteiger partial charge in [0.2, 0.25) is 0 Å². The van der Waals surface area contributed by atoms with E-state index in [2.05, 4.69) is 10.3 Å². The molecule has 0 bridgehead atoms. The topological polar surface area (TPSA) is 82.5 Å². The molecule has 2 amide bonds. The third-order valence-corrected chi connectivity index (χ3v) is 2.87. The number of carbonyl (C=O) groups is 2. The van der Waals surface area contributed by atoms with Crippen LogP contribution in [0.25, 0.3) is 0 Å². The largest absolute Gasteiger partial charge is 0.481 e. The molecule has 1 aromatic heterocycles. The van der Waals surface area contributed by atoms with Gasteiger partial charge in [-0.1, -0.05) is 13.0 Å². The van der Waals surface area contributed by atoms with Crippen LogP contribution < -0.4 is 5.32 Å². The van der Waals surface area contributed by atoms with Crippen molar-refractivity contribution in [2.45, 2.75) is 26.8 Å². The van der Waals surface area contributed by atoms with E-state index in [1.165, 1.54) is 0 Å². The molecule has 0 aliphatic carbocycles. The highest BCUT2D eigenvalue weighted by atomic mass is 16.4. The predicted molar refractivity (Wildman–Crippen MR) is 75.1 cm³/mol. The molecule has 0 aliphatic heterocycles. The lowest BCUT2D eigenvalue weighted by atomic mass is 10.1. The minimum absolute atomic E-state index is 0.0483. The second-order valence-electron chi connectivity index (χ2n) is 4.72. The molecule has 2 N–H and O–H groups in total. The summed E-state index contributed by atoms with van der Waals surface area (Å²) in [6, 6.07) is 5.37. The maximum absolute atomic E-state index is 12.0. The summed E-state index contributed by atoms with van der Waals surface area (Å²) in [5.74, 6) is -0.947. The van der Waals surface area contributed by atoms with Crippen molar-refractivity contribution < 1.29 is 14.7 Å². The molecule has 20 heavy (non-hydrogen) atoms. The smallest absolute Gasteiger partial charge is 0.317 e. The highest BCUT2D eigenvalue weighted by molar-refractivity contribution is 5.74. The molecule has 6 heteroatoms. The van der Waals surface area contributed by atoms with E-state index in [1.54, 1.807) is 18.0 Å². The summed E-state index contributed by atoms with van der Waals surface area (Å²) in [6.07, 6.45) is 1.74. The molecule has 1 rings (SSSR count). The first kappa shape index (κ1) is 15.9. The normalized spacial score (nSPS) is 11.7. The number of rotatable bonds is 7. The first-order valence-corrected chi connectivity index (χ1v) is 6.67. The van der Waals surface area contributed by atoms with Gasteiger partial charge in [-0.25, -0.2) is 4.79 Å². The molecule has 0 saturated heterocycles. The number of hydrogen-bond donors (Lipinski definition) is 2. The SMILES string of the molecule is CCN(Cc1ccccn1)C(=O)NCC(C)CC(=O)O. The van der Waals surface area contributed by atoms with Crippen molar-refractivity contribution in [2.24, 2.45) is 5.92 Å².